The molecule has 0 fully saturated rings. The first kappa shape index (κ1) is 29.6. The number of H-pyrrole nitrogens is 1. The summed E-state index contributed by atoms with van der Waals surface area (Å²) >= 11 is 12.6. The van der Waals surface area contributed by atoms with Crippen LogP contribution in [0.4, 0.5) is 0 Å². The van der Waals surface area contributed by atoms with Gasteiger partial charge in [-0.15, -0.1) is 10.6 Å². The van der Waals surface area contributed by atoms with Crippen LogP contribution < -0.4 is 34.8 Å². The van der Waals surface area contributed by atoms with E-state index in [0.29, 0.717) is 0 Å². The molecule has 8 nitrogen and oxygen atoms in total. The number of benzene rings is 1. The number of carbonyl (C=O) groups excluding carboxylic acids is 1. The van der Waals surface area contributed by atoms with E-state index in [9.17, 15) is 14.4 Å². The van der Waals surface area contributed by atoms with Gasteiger partial charge in [0.2, 0.25) is 0 Å². The molecule has 1 amide bonds. The van der Waals surface area contributed by atoms with Crippen LogP contribution in [0.5, 0.6) is 5.75 Å². The Balaban J connectivity index is 0.00000578. The van der Waals surface area contributed by atoms with Gasteiger partial charge in [0, 0.05) is 0 Å². The van der Waals surface area contributed by atoms with Gasteiger partial charge in [-0.1, -0.05) is 62.3 Å². The first-order chi connectivity index (χ1) is 15.2. The van der Waals surface area contributed by atoms with Gasteiger partial charge in [0.25, 0.3) is 5.56 Å². The summed E-state index contributed by atoms with van der Waals surface area (Å²) in [7, 11) is -1.79. The zero-order chi connectivity index (χ0) is 25.1. The Hall–Kier alpha value is -2.47. The van der Waals surface area contributed by atoms with E-state index in [0.717, 1.165) is 4.68 Å². The third kappa shape index (κ3) is 7.80. The number of allylic oxidation sites excluding steroid dienone is 1. The first-order valence-electron chi connectivity index (χ1n) is 9.73. The van der Waals surface area contributed by atoms with Gasteiger partial charge in [-0.25, -0.2) is 11.4 Å². The van der Waals surface area contributed by atoms with Crippen LogP contribution in [-0.2, 0) is 4.79 Å². The third-order valence-corrected chi connectivity index (χ3v) is 5.45. The quantitative estimate of drug-likeness (QED) is 0.157. The van der Waals surface area contributed by atoms with Crippen molar-refractivity contribution >= 4 is 37.2 Å². The van der Waals surface area contributed by atoms with Crippen molar-refractivity contribution in [2.75, 3.05) is 0 Å². The predicted octanol–water partition coefficient (Wildman–Crippen LogP) is 1.32. The molecule has 0 aliphatic carbocycles. The van der Waals surface area contributed by atoms with Gasteiger partial charge in [-0.05, 0) is 29.7 Å². The summed E-state index contributed by atoms with van der Waals surface area (Å²) < 4.78 is 6.40. The zero-order valence-electron chi connectivity index (χ0n) is 19.7. The monoisotopic (exact) mass is 511 g/mol. The average Bonchev–Trinajstić information content (AvgIpc) is 2.66. The number of amides is 1. The van der Waals surface area contributed by atoms with Crippen LogP contribution in [0.15, 0.2) is 39.1 Å². The van der Waals surface area contributed by atoms with Crippen LogP contribution in [0.1, 0.15) is 19.5 Å². The Morgan fingerprint density at radius 3 is 2.29 bits per heavy atom. The molecule has 0 unspecified atom stereocenters. The zero-order valence-corrected chi connectivity index (χ0v) is 22.2. The molecule has 0 saturated heterocycles. The van der Waals surface area contributed by atoms with Gasteiger partial charge < -0.3 is 15.3 Å². The number of carbonyl (C=O) groups is 1. The van der Waals surface area contributed by atoms with E-state index in [4.69, 9.17) is 40.3 Å². The molecule has 0 aliphatic heterocycles. The summed E-state index contributed by atoms with van der Waals surface area (Å²) in [6, 6.07) is 2.70. The summed E-state index contributed by atoms with van der Waals surface area (Å²) in [5.41, 5.74) is 9.02. The number of hydrogen-bond donors (Lipinski definition) is 1. The van der Waals surface area contributed by atoms with Crippen molar-refractivity contribution in [3.63, 3.8) is 0 Å². The van der Waals surface area contributed by atoms with Crippen molar-refractivity contribution in [3.05, 3.63) is 78.4 Å². The first-order valence-corrected chi connectivity index (χ1v) is 14.0. The van der Waals surface area contributed by atoms with Crippen molar-refractivity contribution < 1.29 is 28.4 Å². The Bertz CT molecular complexity index is 1310. The van der Waals surface area contributed by atoms with E-state index in [2.05, 4.69) is 21.5 Å². The summed E-state index contributed by atoms with van der Waals surface area (Å²) in [6.45, 7) is 15.3. The van der Waals surface area contributed by atoms with Gasteiger partial charge in [-0.2, -0.15) is 10.8 Å². The molecule has 0 bridgehead atoms. The molecule has 2 rings (SSSR count). The molecule has 1 aromatic heterocycles. The largest absolute Gasteiger partial charge is 1.00 e. The van der Waals surface area contributed by atoms with Crippen LogP contribution in [0.2, 0.25) is 29.7 Å². The SMILES string of the molecule is [CH-]=C(/C=C(\C([NH-])=O)C(C)C)Oc1c(Cl)cc(-n2nc(C#C[Si](C)(C)C)c(=O)[nH]c2=O)cc1Cl.[Li+]. The van der Waals surface area contributed by atoms with Crippen molar-refractivity contribution in [1.82, 2.24) is 14.8 Å². The molecule has 0 radical (unpaired) electrons. The number of ether oxygens (including phenoxy) is 1. The van der Waals surface area contributed by atoms with Crippen LogP contribution in [0.25, 0.3) is 11.4 Å². The molecule has 2 N–H and O–H groups in total. The van der Waals surface area contributed by atoms with E-state index in [1.165, 1.54) is 18.2 Å². The molecule has 0 saturated carbocycles. The van der Waals surface area contributed by atoms with E-state index >= 15 is 0 Å². The van der Waals surface area contributed by atoms with Crippen molar-refractivity contribution in [2.24, 2.45) is 5.92 Å². The smallest absolute Gasteiger partial charge is 0.665 e. The standard InChI is InChI=1S/C22H23Cl2N4O4Si.Li/c1-12(2)15(20(25)29)9-13(3)32-19-16(23)10-14(11-17(19)24)28-22(31)26-21(30)18(27-28)7-8-33(4,5)6;/h3,9-12H,1-2,4-6H3,(H3,25,26,29,30,31);/q-1;+1/p-1/b15-9-;. The molecule has 2 aromatic rings. The molecule has 0 spiro atoms. The summed E-state index contributed by atoms with van der Waals surface area (Å²) in [6.07, 6.45) is 1.23. The fourth-order valence-electron chi connectivity index (χ4n) is 2.46. The molecule has 1 aromatic carbocycles. The Morgan fingerprint density at radius 2 is 1.82 bits per heavy atom. The summed E-state index contributed by atoms with van der Waals surface area (Å²) in [5.74, 6) is 1.38. The minimum Gasteiger partial charge on any atom is -0.665 e. The maximum atomic E-state index is 12.3. The molecular weight excluding hydrogens is 490 g/mol. The topological polar surface area (TPSA) is 118 Å². The third-order valence-electron chi connectivity index (χ3n) is 4.01. The number of halogens is 2. The van der Waals surface area contributed by atoms with Crippen LogP contribution in [0, 0.1) is 24.0 Å². The molecule has 0 atom stereocenters. The second-order valence-corrected chi connectivity index (χ2v) is 13.9. The summed E-state index contributed by atoms with van der Waals surface area (Å²) in [4.78, 5) is 38.0. The minimum absolute atomic E-state index is 0. The number of rotatable bonds is 6. The van der Waals surface area contributed by atoms with Crippen molar-refractivity contribution in [3.8, 4) is 22.9 Å². The number of nitrogens with zero attached hydrogens (tertiary/aromatic N) is 2. The molecule has 0 aliphatic rings. The number of hydrogen-bond acceptors (Lipinski definition) is 5. The van der Waals surface area contributed by atoms with Crippen molar-refractivity contribution in [2.45, 2.75) is 33.5 Å². The predicted molar refractivity (Wildman–Crippen MR) is 131 cm³/mol. The second-order valence-electron chi connectivity index (χ2n) is 8.35. The molecule has 174 valence electrons. The Labute approximate surface area is 220 Å². The van der Waals surface area contributed by atoms with Gasteiger partial charge in [0.1, 0.15) is 8.07 Å². The minimum atomic E-state index is -1.79. The van der Waals surface area contributed by atoms with Gasteiger partial charge in [-0.3, -0.25) is 9.78 Å². The maximum Gasteiger partial charge on any atom is 1.00 e. The van der Waals surface area contributed by atoms with Crippen molar-refractivity contribution in [1.29, 1.82) is 0 Å². The van der Waals surface area contributed by atoms with Crippen LogP contribution in [-0.4, -0.2) is 28.7 Å². The Kier molecular flexibility index (Phi) is 10.3. The van der Waals surface area contributed by atoms with Crippen LogP contribution in [0.3, 0.4) is 0 Å². The maximum absolute atomic E-state index is 12.3. The van der Waals surface area contributed by atoms with E-state index in [1.54, 1.807) is 13.8 Å². The number of aromatic nitrogens is 3. The number of aromatic amines is 1. The molecule has 1 heterocycles. The van der Waals surface area contributed by atoms with E-state index in [-0.39, 0.29) is 63.3 Å². The van der Waals surface area contributed by atoms with Gasteiger partial charge in [0.05, 0.1) is 21.6 Å². The fourth-order valence-corrected chi connectivity index (χ4v) is 3.51. The van der Waals surface area contributed by atoms with E-state index in [1.807, 2.05) is 19.6 Å². The number of nitrogens with one attached hydrogen (secondary N) is 2. The Morgan fingerprint density at radius 1 is 1.26 bits per heavy atom. The average molecular weight is 512 g/mol. The van der Waals surface area contributed by atoms with Gasteiger partial charge in [0.15, 0.2) is 11.4 Å². The van der Waals surface area contributed by atoms with Crippen LogP contribution >= 0.6 is 23.2 Å². The summed E-state index contributed by atoms with van der Waals surface area (Å²) in [5, 5.41) is 4.03. The normalized spacial score (nSPS) is 11.4. The molecular formula is C22H22Cl2LiN4O4Si-. The molecule has 12 heteroatoms. The second kappa shape index (κ2) is 11.8. The van der Waals surface area contributed by atoms with Gasteiger partial charge >= 0.3 is 24.6 Å². The van der Waals surface area contributed by atoms with E-state index < -0.39 is 25.2 Å². The molecule has 34 heavy (non-hydrogen) atoms. The fraction of sp³-hybridized carbons (Fsp3) is 0.273.